The molecule has 0 saturated heterocycles. The maximum absolute atomic E-state index is 11.9. The van der Waals surface area contributed by atoms with Gasteiger partial charge in [-0.3, -0.25) is 0 Å². The number of benzene rings is 1. The summed E-state index contributed by atoms with van der Waals surface area (Å²) in [5, 5.41) is 0. The van der Waals surface area contributed by atoms with E-state index in [2.05, 4.69) is 38.8 Å². The fourth-order valence-electron chi connectivity index (χ4n) is 1.33. The van der Waals surface area contributed by atoms with E-state index < -0.39 is 9.84 Å². The fraction of sp³-hybridized carbons (Fsp3) is 0.455. The Morgan fingerprint density at radius 2 is 1.81 bits per heavy atom. The average Bonchev–Trinajstić information content (AvgIpc) is 2.22. The summed E-state index contributed by atoms with van der Waals surface area (Å²) >= 11 is 6.63. The van der Waals surface area contributed by atoms with Crippen molar-refractivity contribution in [1.82, 2.24) is 0 Å². The van der Waals surface area contributed by atoms with Gasteiger partial charge in [0.1, 0.15) is 0 Å². The highest BCUT2D eigenvalue weighted by molar-refractivity contribution is 9.13. The molecule has 0 atom stereocenters. The van der Waals surface area contributed by atoms with E-state index in [4.69, 9.17) is 0 Å². The van der Waals surface area contributed by atoms with Gasteiger partial charge in [0.25, 0.3) is 0 Å². The van der Waals surface area contributed by atoms with Crippen LogP contribution < -0.4 is 0 Å². The van der Waals surface area contributed by atoms with Gasteiger partial charge >= 0.3 is 0 Å². The first-order valence-electron chi connectivity index (χ1n) is 5.15. The molecule has 0 saturated carbocycles. The van der Waals surface area contributed by atoms with Crippen LogP contribution >= 0.6 is 31.9 Å². The zero-order valence-electron chi connectivity index (χ0n) is 9.04. The quantitative estimate of drug-likeness (QED) is 0.729. The van der Waals surface area contributed by atoms with Crippen LogP contribution in [0.3, 0.4) is 0 Å². The molecule has 16 heavy (non-hydrogen) atoms. The lowest BCUT2D eigenvalue weighted by molar-refractivity contribution is 0.591. The Labute approximate surface area is 114 Å². The van der Waals surface area contributed by atoms with Crippen LogP contribution in [0.25, 0.3) is 0 Å². The normalized spacial score (nSPS) is 11.7. The Bertz CT molecular complexity index is 455. The van der Waals surface area contributed by atoms with E-state index in [0.717, 1.165) is 28.2 Å². The van der Waals surface area contributed by atoms with Gasteiger partial charge in [-0.15, -0.1) is 0 Å². The number of rotatable bonds is 5. The van der Waals surface area contributed by atoms with E-state index >= 15 is 0 Å². The third kappa shape index (κ3) is 3.86. The molecule has 0 aliphatic rings. The van der Waals surface area contributed by atoms with Gasteiger partial charge in [0, 0.05) is 8.95 Å². The lowest BCUT2D eigenvalue weighted by Crippen LogP contribution is -2.06. The lowest BCUT2D eigenvalue weighted by atomic mass is 10.3. The zero-order valence-corrected chi connectivity index (χ0v) is 13.0. The molecule has 1 aromatic rings. The molecule has 0 aromatic heterocycles. The molecule has 0 bridgehead atoms. The molecule has 0 N–H and O–H groups in total. The summed E-state index contributed by atoms with van der Waals surface area (Å²) in [6.45, 7) is 2.06. The Morgan fingerprint density at radius 1 is 1.12 bits per heavy atom. The third-order valence-electron chi connectivity index (χ3n) is 2.27. The number of sulfone groups is 1. The second-order valence-electron chi connectivity index (χ2n) is 3.60. The number of halogens is 2. The summed E-state index contributed by atoms with van der Waals surface area (Å²) in [4.78, 5) is 0.388. The van der Waals surface area contributed by atoms with Gasteiger partial charge in [-0.05, 0) is 56.5 Å². The molecule has 0 amide bonds. The van der Waals surface area contributed by atoms with Crippen LogP contribution in [0.2, 0.25) is 0 Å². The fourth-order valence-corrected chi connectivity index (χ4v) is 3.50. The maximum atomic E-state index is 11.9. The highest BCUT2D eigenvalue weighted by atomic mass is 79.9. The van der Waals surface area contributed by atoms with Crippen LogP contribution in [0.15, 0.2) is 32.0 Å². The van der Waals surface area contributed by atoms with Crippen molar-refractivity contribution >= 4 is 41.7 Å². The van der Waals surface area contributed by atoms with Crippen LogP contribution in [0.5, 0.6) is 0 Å². The van der Waals surface area contributed by atoms with E-state index in [0.29, 0.717) is 4.90 Å². The van der Waals surface area contributed by atoms with Crippen LogP contribution in [0.4, 0.5) is 0 Å². The molecule has 0 aliphatic carbocycles. The molecular formula is C11H14Br2O2S. The molecule has 90 valence electrons. The number of unbranched alkanes of at least 4 members (excludes halogenated alkanes) is 2. The van der Waals surface area contributed by atoms with Gasteiger partial charge in [0.15, 0.2) is 9.84 Å². The van der Waals surface area contributed by atoms with E-state index in [1.807, 2.05) is 0 Å². The summed E-state index contributed by atoms with van der Waals surface area (Å²) in [7, 11) is -3.12. The van der Waals surface area contributed by atoms with Crippen LogP contribution in [-0.2, 0) is 9.84 Å². The minimum atomic E-state index is -3.12. The molecule has 0 unspecified atom stereocenters. The largest absolute Gasteiger partial charge is 0.224 e. The predicted octanol–water partition coefficient (Wildman–Crippen LogP) is 4.18. The maximum Gasteiger partial charge on any atom is 0.178 e. The molecule has 2 nitrogen and oxygen atoms in total. The summed E-state index contributed by atoms with van der Waals surface area (Å²) in [5.74, 6) is 0.231. The molecule has 0 heterocycles. The van der Waals surface area contributed by atoms with Gasteiger partial charge in [-0.1, -0.05) is 19.8 Å². The summed E-state index contributed by atoms with van der Waals surface area (Å²) in [5.41, 5.74) is 0. The minimum absolute atomic E-state index is 0.231. The Morgan fingerprint density at radius 3 is 2.38 bits per heavy atom. The summed E-state index contributed by atoms with van der Waals surface area (Å²) in [6, 6.07) is 5.03. The van der Waals surface area contributed by atoms with Crippen molar-refractivity contribution in [2.75, 3.05) is 5.75 Å². The summed E-state index contributed by atoms with van der Waals surface area (Å²) < 4.78 is 25.5. The SMILES string of the molecule is CCCCCS(=O)(=O)c1ccc(Br)c(Br)c1. The smallest absolute Gasteiger partial charge is 0.178 e. The minimum Gasteiger partial charge on any atom is -0.224 e. The number of hydrogen-bond acceptors (Lipinski definition) is 2. The molecule has 1 aromatic carbocycles. The van der Waals surface area contributed by atoms with E-state index in [9.17, 15) is 8.42 Å². The highest BCUT2D eigenvalue weighted by Crippen LogP contribution is 2.26. The van der Waals surface area contributed by atoms with E-state index in [1.165, 1.54) is 0 Å². The first-order chi connectivity index (χ1) is 7.47. The van der Waals surface area contributed by atoms with Crippen molar-refractivity contribution in [3.05, 3.63) is 27.1 Å². The third-order valence-corrected chi connectivity index (χ3v) is 5.94. The zero-order chi connectivity index (χ0) is 12.2. The average molecular weight is 370 g/mol. The van der Waals surface area contributed by atoms with Crippen molar-refractivity contribution in [1.29, 1.82) is 0 Å². The van der Waals surface area contributed by atoms with E-state index in [-0.39, 0.29) is 5.75 Å². The predicted molar refractivity (Wildman–Crippen MR) is 73.4 cm³/mol. The van der Waals surface area contributed by atoms with Gasteiger partial charge in [0.2, 0.25) is 0 Å². The second-order valence-corrected chi connectivity index (χ2v) is 7.42. The molecule has 0 aliphatic heterocycles. The van der Waals surface area contributed by atoms with Crippen molar-refractivity contribution < 1.29 is 8.42 Å². The van der Waals surface area contributed by atoms with Crippen LogP contribution in [0, 0.1) is 0 Å². The molecule has 0 fully saturated rings. The summed E-state index contributed by atoms with van der Waals surface area (Å²) in [6.07, 6.45) is 2.71. The molecule has 0 radical (unpaired) electrons. The Kier molecular flexibility index (Phi) is 5.47. The highest BCUT2D eigenvalue weighted by Gasteiger charge is 2.14. The van der Waals surface area contributed by atoms with Gasteiger partial charge in [-0.25, -0.2) is 8.42 Å². The first kappa shape index (κ1) is 14.2. The second kappa shape index (κ2) is 6.17. The topological polar surface area (TPSA) is 34.1 Å². The van der Waals surface area contributed by atoms with Gasteiger partial charge in [0.05, 0.1) is 10.6 Å². The Balaban J connectivity index is 2.86. The van der Waals surface area contributed by atoms with Crippen molar-refractivity contribution in [3.8, 4) is 0 Å². The van der Waals surface area contributed by atoms with Crippen LogP contribution in [0.1, 0.15) is 26.2 Å². The standard InChI is InChI=1S/C11H14Br2O2S/c1-2-3-4-7-16(14,15)9-5-6-10(12)11(13)8-9/h5-6,8H,2-4,7H2,1H3. The van der Waals surface area contributed by atoms with Crippen molar-refractivity contribution in [3.63, 3.8) is 0 Å². The van der Waals surface area contributed by atoms with Gasteiger partial charge < -0.3 is 0 Å². The lowest BCUT2D eigenvalue weighted by Gasteiger charge is -2.05. The van der Waals surface area contributed by atoms with Crippen molar-refractivity contribution in [2.24, 2.45) is 0 Å². The molecule has 0 spiro atoms. The first-order valence-corrected chi connectivity index (χ1v) is 8.39. The monoisotopic (exact) mass is 368 g/mol. The molecule has 5 heteroatoms. The van der Waals surface area contributed by atoms with Crippen molar-refractivity contribution in [2.45, 2.75) is 31.1 Å². The van der Waals surface area contributed by atoms with E-state index in [1.54, 1.807) is 18.2 Å². The van der Waals surface area contributed by atoms with Crippen LogP contribution in [-0.4, -0.2) is 14.2 Å². The molecule has 1 rings (SSSR count). The number of hydrogen-bond donors (Lipinski definition) is 0. The van der Waals surface area contributed by atoms with Gasteiger partial charge in [-0.2, -0.15) is 0 Å². The Hall–Kier alpha value is 0.130. The molecular weight excluding hydrogens is 356 g/mol.